The predicted octanol–water partition coefficient (Wildman–Crippen LogP) is 2.73. The lowest BCUT2D eigenvalue weighted by molar-refractivity contribution is 0.102. The van der Waals surface area contributed by atoms with Gasteiger partial charge in [-0.15, -0.1) is 0 Å². The SMILES string of the molecule is O=C(Nc1ccc(F)c(F)c1)c1ccnc(N2CCN(c3ncccn3)CC2)c1. The molecule has 29 heavy (non-hydrogen) atoms. The maximum absolute atomic E-state index is 13.3. The van der Waals surface area contributed by atoms with Crippen LogP contribution >= 0.6 is 0 Å². The van der Waals surface area contributed by atoms with E-state index in [1.165, 1.54) is 6.07 Å². The zero-order valence-electron chi connectivity index (χ0n) is 15.4. The predicted molar refractivity (Wildman–Crippen MR) is 105 cm³/mol. The van der Waals surface area contributed by atoms with E-state index < -0.39 is 17.5 Å². The van der Waals surface area contributed by atoms with Crippen LogP contribution in [-0.4, -0.2) is 47.0 Å². The lowest BCUT2D eigenvalue weighted by atomic mass is 10.2. The summed E-state index contributed by atoms with van der Waals surface area (Å²) in [6, 6.07) is 8.26. The van der Waals surface area contributed by atoms with E-state index in [4.69, 9.17) is 0 Å². The van der Waals surface area contributed by atoms with Crippen LogP contribution in [0.5, 0.6) is 0 Å². The third-order valence-corrected chi connectivity index (χ3v) is 4.62. The van der Waals surface area contributed by atoms with Crippen LogP contribution in [0.1, 0.15) is 10.4 Å². The van der Waals surface area contributed by atoms with Gasteiger partial charge in [0.05, 0.1) is 0 Å². The highest BCUT2D eigenvalue weighted by atomic mass is 19.2. The molecule has 1 N–H and O–H groups in total. The molecule has 0 saturated carbocycles. The maximum atomic E-state index is 13.3. The number of halogens is 2. The van der Waals surface area contributed by atoms with Crippen LogP contribution in [0.4, 0.5) is 26.2 Å². The van der Waals surface area contributed by atoms with Gasteiger partial charge in [0, 0.05) is 62.1 Å². The van der Waals surface area contributed by atoms with Gasteiger partial charge in [0.25, 0.3) is 5.91 Å². The fourth-order valence-electron chi connectivity index (χ4n) is 3.10. The van der Waals surface area contributed by atoms with E-state index in [1.807, 2.05) is 0 Å². The molecule has 3 aromatic rings. The summed E-state index contributed by atoms with van der Waals surface area (Å²) in [5.41, 5.74) is 0.567. The van der Waals surface area contributed by atoms with E-state index in [1.54, 1.807) is 36.8 Å². The molecule has 4 rings (SSSR count). The number of amides is 1. The van der Waals surface area contributed by atoms with Crippen molar-refractivity contribution in [3.8, 4) is 0 Å². The number of nitrogens with one attached hydrogen (secondary N) is 1. The molecule has 0 spiro atoms. The van der Waals surface area contributed by atoms with Crippen LogP contribution < -0.4 is 15.1 Å². The molecule has 1 aliphatic rings. The quantitative estimate of drug-likeness (QED) is 0.731. The Hall–Kier alpha value is -3.62. The van der Waals surface area contributed by atoms with Gasteiger partial charge in [0.1, 0.15) is 5.82 Å². The monoisotopic (exact) mass is 396 g/mol. The van der Waals surface area contributed by atoms with Gasteiger partial charge < -0.3 is 15.1 Å². The van der Waals surface area contributed by atoms with Crippen LogP contribution in [0.2, 0.25) is 0 Å². The highest BCUT2D eigenvalue weighted by Crippen LogP contribution is 2.19. The minimum Gasteiger partial charge on any atom is -0.353 e. The van der Waals surface area contributed by atoms with Crippen molar-refractivity contribution in [2.75, 3.05) is 41.3 Å². The van der Waals surface area contributed by atoms with Crippen molar-refractivity contribution >= 4 is 23.4 Å². The summed E-state index contributed by atoms with van der Waals surface area (Å²) in [4.78, 5) is 29.6. The number of hydrogen-bond acceptors (Lipinski definition) is 6. The summed E-state index contributed by atoms with van der Waals surface area (Å²) in [7, 11) is 0. The van der Waals surface area contributed by atoms with Crippen LogP contribution in [-0.2, 0) is 0 Å². The molecule has 0 unspecified atom stereocenters. The fraction of sp³-hybridized carbons (Fsp3) is 0.200. The second kappa shape index (κ2) is 8.17. The largest absolute Gasteiger partial charge is 0.353 e. The van der Waals surface area contributed by atoms with Crippen molar-refractivity contribution in [2.24, 2.45) is 0 Å². The Labute approximate surface area is 166 Å². The Morgan fingerprint density at radius 1 is 0.862 bits per heavy atom. The van der Waals surface area contributed by atoms with Crippen LogP contribution in [0.3, 0.4) is 0 Å². The molecular weight excluding hydrogens is 378 g/mol. The first-order valence-electron chi connectivity index (χ1n) is 9.09. The molecule has 1 amide bonds. The molecular formula is C20H18F2N6O. The summed E-state index contributed by atoms with van der Waals surface area (Å²) in [5, 5.41) is 2.57. The third-order valence-electron chi connectivity index (χ3n) is 4.62. The highest BCUT2D eigenvalue weighted by molar-refractivity contribution is 6.04. The number of rotatable bonds is 4. The first kappa shape index (κ1) is 18.7. The number of anilines is 3. The van der Waals surface area contributed by atoms with E-state index in [-0.39, 0.29) is 5.69 Å². The smallest absolute Gasteiger partial charge is 0.255 e. The summed E-state index contributed by atoms with van der Waals surface area (Å²) >= 11 is 0. The number of carbonyl (C=O) groups excluding carboxylic acids is 1. The molecule has 2 aromatic heterocycles. The average Bonchev–Trinajstić information content (AvgIpc) is 2.77. The topological polar surface area (TPSA) is 74.2 Å². The molecule has 0 atom stereocenters. The van der Waals surface area contributed by atoms with Crippen molar-refractivity contribution in [1.29, 1.82) is 0 Å². The van der Waals surface area contributed by atoms with Gasteiger partial charge in [-0.1, -0.05) is 0 Å². The van der Waals surface area contributed by atoms with Crippen molar-refractivity contribution in [2.45, 2.75) is 0 Å². The number of nitrogens with zero attached hydrogens (tertiary/aromatic N) is 5. The van der Waals surface area contributed by atoms with E-state index in [0.717, 1.165) is 25.2 Å². The highest BCUT2D eigenvalue weighted by Gasteiger charge is 2.20. The average molecular weight is 396 g/mol. The second-order valence-corrected chi connectivity index (χ2v) is 6.51. The Morgan fingerprint density at radius 2 is 1.59 bits per heavy atom. The number of carbonyl (C=O) groups is 1. The summed E-state index contributed by atoms with van der Waals surface area (Å²) in [6.45, 7) is 2.88. The van der Waals surface area contributed by atoms with Gasteiger partial charge in [-0.05, 0) is 30.3 Å². The second-order valence-electron chi connectivity index (χ2n) is 6.51. The van der Waals surface area contributed by atoms with E-state index in [2.05, 4.69) is 30.1 Å². The first-order valence-corrected chi connectivity index (χ1v) is 9.09. The normalized spacial score (nSPS) is 14.0. The minimum absolute atomic E-state index is 0.184. The van der Waals surface area contributed by atoms with Crippen molar-refractivity contribution in [3.63, 3.8) is 0 Å². The zero-order chi connectivity index (χ0) is 20.2. The third kappa shape index (κ3) is 4.29. The molecule has 0 radical (unpaired) electrons. The number of aromatic nitrogens is 3. The summed E-state index contributed by atoms with van der Waals surface area (Å²) in [5.74, 6) is -1.03. The molecule has 1 saturated heterocycles. The van der Waals surface area contributed by atoms with Gasteiger partial charge in [-0.25, -0.2) is 23.7 Å². The van der Waals surface area contributed by atoms with E-state index >= 15 is 0 Å². The number of hydrogen-bond donors (Lipinski definition) is 1. The van der Waals surface area contributed by atoms with Crippen LogP contribution in [0.15, 0.2) is 55.0 Å². The molecule has 3 heterocycles. The Bertz CT molecular complexity index is 1010. The molecule has 9 heteroatoms. The maximum Gasteiger partial charge on any atom is 0.255 e. The molecule has 7 nitrogen and oxygen atoms in total. The Kier molecular flexibility index (Phi) is 5.28. The van der Waals surface area contributed by atoms with Gasteiger partial charge in [-0.2, -0.15) is 0 Å². The van der Waals surface area contributed by atoms with Crippen LogP contribution in [0.25, 0.3) is 0 Å². The molecule has 0 aliphatic carbocycles. The van der Waals surface area contributed by atoms with Gasteiger partial charge in [0.2, 0.25) is 5.95 Å². The fourth-order valence-corrected chi connectivity index (χ4v) is 3.10. The van der Waals surface area contributed by atoms with Crippen molar-refractivity contribution in [3.05, 3.63) is 72.2 Å². The molecule has 1 aromatic carbocycles. The van der Waals surface area contributed by atoms with Gasteiger partial charge in [-0.3, -0.25) is 4.79 Å². The Balaban J connectivity index is 1.42. The minimum atomic E-state index is -1.02. The van der Waals surface area contributed by atoms with Crippen LogP contribution in [0, 0.1) is 11.6 Å². The molecule has 0 bridgehead atoms. The molecule has 1 fully saturated rings. The zero-order valence-corrected chi connectivity index (χ0v) is 15.4. The van der Waals surface area contributed by atoms with Crippen molar-refractivity contribution < 1.29 is 13.6 Å². The van der Waals surface area contributed by atoms with Crippen molar-refractivity contribution in [1.82, 2.24) is 15.0 Å². The number of pyridine rings is 1. The van der Waals surface area contributed by atoms with E-state index in [9.17, 15) is 13.6 Å². The van der Waals surface area contributed by atoms with E-state index in [0.29, 0.717) is 30.4 Å². The summed E-state index contributed by atoms with van der Waals surface area (Å²) in [6.07, 6.45) is 4.98. The molecule has 1 aliphatic heterocycles. The number of piperazine rings is 1. The van der Waals surface area contributed by atoms with Gasteiger partial charge in [0.15, 0.2) is 11.6 Å². The van der Waals surface area contributed by atoms with Gasteiger partial charge >= 0.3 is 0 Å². The summed E-state index contributed by atoms with van der Waals surface area (Å²) < 4.78 is 26.4. The Morgan fingerprint density at radius 3 is 2.31 bits per heavy atom. The lowest BCUT2D eigenvalue weighted by Gasteiger charge is -2.35. The first-order chi connectivity index (χ1) is 14.1. The lowest BCUT2D eigenvalue weighted by Crippen LogP contribution is -2.47. The number of benzene rings is 1. The molecule has 148 valence electrons. The standard InChI is InChI=1S/C20H18F2N6O/c21-16-3-2-15(13-17(16)22)26-19(29)14-4-7-23-18(12-14)27-8-10-28(11-9-27)20-24-5-1-6-25-20/h1-7,12-13H,8-11H2,(H,26,29).